The normalized spacial score (nSPS) is 20.5. The van der Waals surface area contributed by atoms with Crippen molar-refractivity contribution in [3.05, 3.63) is 22.4 Å². The molecule has 1 aliphatic heterocycles. The molecule has 0 radical (unpaired) electrons. The maximum atomic E-state index is 12.0. The van der Waals surface area contributed by atoms with Gasteiger partial charge in [0.25, 0.3) is 5.91 Å². The Morgan fingerprint density at radius 1 is 1.71 bits per heavy atom. The van der Waals surface area contributed by atoms with Crippen molar-refractivity contribution in [3.63, 3.8) is 0 Å². The summed E-state index contributed by atoms with van der Waals surface area (Å²) in [5, 5.41) is 3.01. The predicted molar refractivity (Wildman–Crippen MR) is 61.0 cm³/mol. The van der Waals surface area contributed by atoms with Gasteiger partial charge in [0.05, 0.1) is 12.7 Å². The largest absolute Gasteiger partial charge is 0.373 e. The number of imidazole rings is 1. The number of morpholine rings is 1. The monoisotopic (exact) mass is 240 g/mol. The summed E-state index contributed by atoms with van der Waals surface area (Å²) in [5.41, 5.74) is -0.0755. The van der Waals surface area contributed by atoms with Gasteiger partial charge in [-0.25, -0.2) is 4.79 Å². The van der Waals surface area contributed by atoms with E-state index in [1.165, 1.54) is 6.20 Å². The molecule has 1 fully saturated rings. The Labute approximate surface area is 98.2 Å². The lowest BCUT2D eigenvalue weighted by molar-refractivity contribution is -0.0198. The van der Waals surface area contributed by atoms with Crippen LogP contribution in [0.1, 0.15) is 10.5 Å². The van der Waals surface area contributed by atoms with Crippen molar-refractivity contribution in [1.29, 1.82) is 0 Å². The van der Waals surface area contributed by atoms with Gasteiger partial charge in [0.1, 0.15) is 5.69 Å². The van der Waals surface area contributed by atoms with E-state index >= 15 is 0 Å². The van der Waals surface area contributed by atoms with Crippen LogP contribution in [0.4, 0.5) is 0 Å². The van der Waals surface area contributed by atoms with E-state index in [1.54, 1.807) is 4.90 Å². The van der Waals surface area contributed by atoms with Crippen molar-refractivity contribution in [2.24, 2.45) is 0 Å². The lowest BCUT2D eigenvalue weighted by atomic mass is 10.2. The number of H-pyrrole nitrogens is 2. The number of carbonyl (C=O) groups excluding carboxylic acids is 1. The second kappa shape index (κ2) is 5.15. The molecule has 2 rings (SSSR count). The zero-order valence-electron chi connectivity index (χ0n) is 9.66. The van der Waals surface area contributed by atoms with Crippen molar-refractivity contribution >= 4 is 5.91 Å². The Hall–Kier alpha value is -1.60. The maximum absolute atomic E-state index is 12.0. The molecular weight excluding hydrogens is 224 g/mol. The van der Waals surface area contributed by atoms with Gasteiger partial charge in [-0.3, -0.25) is 4.79 Å². The molecule has 0 aromatic carbocycles. The fraction of sp³-hybridized carbons (Fsp3) is 0.600. The lowest BCUT2D eigenvalue weighted by Gasteiger charge is -2.32. The second-order valence-corrected chi connectivity index (χ2v) is 3.96. The highest BCUT2D eigenvalue weighted by Gasteiger charge is 2.25. The van der Waals surface area contributed by atoms with Crippen LogP contribution in [0.3, 0.4) is 0 Å². The summed E-state index contributed by atoms with van der Waals surface area (Å²) in [6.45, 7) is 2.30. The summed E-state index contributed by atoms with van der Waals surface area (Å²) in [5.74, 6) is -0.173. The third-order valence-electron chi connectivity index (χ3n) is 2.68. The number of amides is 1. The van der Waals surface area contributed by atoms with Crippen LogP contribution in [-0.2, 0) is 4.74 Å². The van der Waals surface area contributed by atoms with Crippen molar-refractivity contribution in [1.82, 2.24) is 20.2 Å². The summed E-state index contributed by atoms with van der Waals surface area (Å²) in [6.07, 6.45) is 1.40. The Bertz CT molecular complexity index is 437. The summed E-state index contributed by atoms with van der Waals surface area (Å²) in [7, 11) is 1.84. The third kappa shape index (κ3) is 2.75. The number of hydrogen-bond donors (Lipinski definition) is 3. The number of nitrogens with one attached hydrogen (secondary N) is 3. The van der Waals surface area contributed by atoms with Crippen LogP contribution >= 0.6 is 0 Å². The molecule has 0 saturated carbocycles. The highest BCUT2D eigenvalue weighted by molar-refractivity contribution is 5.92. The van der Waals surface area contributed by atoms with Gasteiger partial charge in [-0.15, -0.1) is 0 Å². The molecule has 1 unspecified atom stereocenters. The molecule has 3 N–H and O–H groups in total. The highest BCUT2D eigenvalue weighted by Crippen LogP contribution is 2.07. The standard InChI is InChI=1S/C10H16N4O3/c1-11-4-7-6-14(2-3-17-7)9(15)8-5-12-10(16)13-8/h5,7,11H,2-4,6H2,1H3,(H2,12,13,16). The lowest BCUT2D eigenvalue weighted by Crippen LogP contribution is -2.48. The van der Waals surface area contributed by atoms with Crippen LogP contribution in [-0.4, -0.2) is 60.2 Å². The molecule has 1 amide bonds. The first kappa shape index (κ1) is 11.9. The van der Waals surface area contributed by atoms with Crippen LogP contribution in [0.2, 0.25) is 0 Å². The molecule has 1 aliphatic rings. The fourth-order valence-electron chi connectivity index (χ4n) is 1.87. The minimum Gasteiger partial charge on any atom is -0.373 e. The summed E-state index contributed by atoms with van der Waals surface area (Å²) >= 11 is 0. The predicted octanol–water partition coefficient (Wildman–Crippen LogP) is -1.24. The number of ether oxygens (including phenoxy) is 1. The molecule has 1 saturated heterocycles. The number of likely N-dealkylation sites (N-methyl/N-ethyl adjacent to an activating group) is 1. The SMILES string of the molecule is CNCC1CN(C(=O)c2c[nH]c(=O)[nH]2)CCO1. The zero-order chi connectivity index (χ0) is 12.3. The number of carbonyl (C=O) groups is 1. The van der Waals surface area contributed by atoms with Gasteiger partial charge in [-0.2, -0.15) is 0 Å². The van der Waals surface area contributed by atoms with Crippen molar-refractivity contribution < 1.29 is 9.53 Å². The van der Waals surface area contributed by atoms with E-state index in [0.29, 0.717) is 31.9 Å². The zero-order valence-corrected chi connectivity index (χ0v) is 9.66. The molecular formula is C10H16N4O3. The molecule has 17 heavy (non-hydrogen) atoms. The Morgan fingerprint density at radius 3 is 3.18 bits per heavy atom. The summed E-state index contributed by atoms with van der Waals surface area (Å²) in [6, 6.07) is 0. The van der Waals surface area contributed by atoms with E-state index in [2.05, 4.69) is 15.3 Å². The smallest absolute Gasteiger partial charge is 0.323 e. The molecule has 0 aliphatic carbocycles. The molecule has 1 aromatic heterocycles. The topological polar surface area (TPSA) is 90.2 Å². The van der Waals surface area contributed by atoms with Gasteiger partial charge < -0.3 is 24.9 Å². The molecule has 7 heteroatoms. The number of hydrogen-bond acceptors (Lipinski definition) is 4. The molecule has 2 heterocycles. The van der Waals surface area contributed by atoms with Crippen molar-refractivity contribution in [2.45, 2.75) is 6.10 Å². The fourth-order valence-corrected chi connectivity index (χ4v) is 1.87. The van der Waals surface area contributed by atoms with Crippen LogP contribution in [0.5, 0.6) is 0 Å². The first-order chi connectivity index (χ1) is 8.20. The second-order valence-electron chi connectivity index (χ2n) is 3.96. The molecule has 7 nitrogen and oxygen atoms in total. The molecule has 0 spiro atoms. The van der Waals surface area contributed by atoms with Gasteiger partial charge in [0.2, 0.25) is 0 Å². The van der Waals surface area contributed by atoms with Crippen LogP contribution in [0, 0.1) is 0 Å². The van der Waals surface area contributed by atoms with Gasteiger partial charge in [-0.05, 0) is 7.05 Å². The van der Waals surface area contributed by atoms with Gasteiger partial charge in [0, 0.05) is 25.8 Å². The number of rotatable bonds is 3. The van der Waals surface area contributed by atoms with E-state index in [9.17, 15) is 9.59 Å². The van der Waals surface area contributed by atoms with Gasteiger partial charge in [-0.1, -0.05) is 0 Å². The summed E-state index contributed by atoms with van der Waals surface area (Å²) < 4.78 is 5.50. The van der Waals surface area contributed by atoms with Crippen molar-refractivity contribution in [3.8, 4) is 0 Å². The Balaban J connectivity index is 2.02. The third-order valence-corrected chi connectivity index (χ3v) is 2.68. The quantitative estimate of drug-likeness (QED) is 0.616. The average molecular weight is 240 g/mol. The van der Waals surface area contributed by atoms with Crippen LogP contribution < -0.4 is 11.0 Å². The van der Waals surface area contributed by atoms with Crippen molar-refractivity contribution in [2.75, 3.05) is 33.3 Å². The van der Waals surface area contributed by atoms with Gasteiger partial charge in [0.15, 0.2) is 0 Å². The van der Waals surface area contributed by atoms with E-state index < -0.39 is 0 Å². The van der Waals surface area contributed by atoms with E-state index in [0.717, 1.165) is 0 Å². The first-order valence-corrected chi connectivity index (χ1v) is 5.54. The van der Waals surface area contributed by atoms with E-state index in [-0.39, 0.29) is 17.7 Å². The minimum atomic E-state index is -0.367. The summed E-state index contributed by atoms with van der Waals surface area (Å²) in [4.78, 5) is 29.5. The molecule has 94 valence electrons. The van der Waals surface area contributed by atoms with Crippen LogP contribution in [0.15, 0.2) is 11.0 Å². The number of aromatic amines is 2. The molecule has 1 atom stereocenters. The Morgan fingerprint density at radius 2 is 2.53 bits per heavy atom. The Kier molecular flexibility index (Phi) is 3.60. The minimum absolute atomic E-state index is 0.00311. The molecule has 1 aromatic rings. The van der Waals surface area contributed by atoms with Gasteiger partial charge >= 0.3 is 5.69 Å². The van der Waals surface area contributed by atoms with E-state index in [1.807, 2.05) is 7.05 Å². The first-order valence-electron chi connectivity index (χ1n) is 5.54. The average Bonchev–Trinajstić information content (AvgIpc) is 2.76. The highest BCUT2D eigenvalue weighted by atomic mass is 16.5. The molecule has 0 bridgehead atoms. The number of nitrogens with zero attached hydrogens (tertiary/aromatic N) is 1. The van der Waals surface area contributed by atoms with Crippen LogP contribution in [0.25, 0.3) is 0 Å². The van der Waals surface area contributed by atoms with E-state index in [4.69, 9.17) is 4.74 Å². The number of aromatic nitrogens is 2. The maximum Gasteiger partial charge on any atom is 0.323 e.